The number of aromatic nitrogens is 2. The molecule has 0 radical (unpaired) electrons. The topological polar surface area (TPSA) is 79.7 Å². The molecule has 3 aromatic carbocycles. The van der Waals surface area contributed by atoms with Crippen LogP contribution in [0.2, 0.25) is 0 Å². The first-order chi connectivity index (χ1) is 15.5. The highest BCUT2D eigenvalue weighted by Crippen LogP contribution is 2.42. The predicted molar refractivity (Wildman–Crippen MR) is 121 cm³/mol. The van der Waals surface area contributed by atoms with Gasteiger partial charge in [0.2, 0.25) is 5.75 Å². The quantitative estimate of drug-likeness (QED) is 0.396. The zero-order valence-electron chi connectivity index (χ0n) is 17.6. The average Bonchev–Trinajstić information content (AvgIpc) is 3.34. The molecule has 0 aliphatic carbocycles. The third kappa shape index (κ3) is 4.17. The van der Waals surface area contributed by atoms with Gasteiger partial charge in [0.15, 0.2) is 17.3 Å². The Morgan fingerprint density at radius 3 is 2.06 bits per heavy atom. The van der Waals surface area contributed by atoms with Crippen LogP contribution in [0, 0.1) is 0 Å². The van der Waals surface area contributed by atoms with Crippen molar-refractivity contribution in [2.45, 2.75) is 11.5 Å². The zero-order valence-corrected chi connectivity index (χ0v) is 18.5. The summed E-state index contributed by atoms with van der Waals surface area (Å²) in [6.07, 6.45) is 2.85. The first-order valence-corrected chi connectivity index (χ1v) is 11.3. The molecule has 0 unspecified atom stereocenters. The van der Waals surface area contributed by atoms with Crippen LogP contribution in [0.1, 0.15) is 5.56 Å². The molecular weight excluding hydrogens is 428 g/mol. The third-order valence-corrected chi connectivity index (χ3v) is 6.53. The van der Waals surface area contributed by atoms with E-state index < -0.39 is 10.0 Å². The summed E-state index contributed by atoms with van der Waals surface area (Å²) in [6.45, 7) is 0.323. The van der Waals surface area contributed by atoms with E-state index in [9.17, 15) is 8.42 Å². The van der Waals surface area contributed by atoms with E-state index in [4.69, 9.17) is 14.2 Å². The molecule has 0 aliphatic heterocycles. The van der Waals surface area contributed by atoms with Crippen LogP contribution in [-0.4, -0.2) is 31.6 Å². The summed E-state index contributed by atoms with van der Waals surface area (Å²) in [5.74, 6) is 1.47. The van der Waals surface area contributed by atoms with Crippen molar-refractivity contribution in [3.05, 3.63) is 90.8 Å². The smallest absolute Gasteiger partial charge is 0.269 e. The number of methoxy groups -OCH3 is 2. The Balaban J connectivity index is 1.74. The standard InChI is InChI=1S/C24H22N2O5S/c1-29-21-15-19(16-22(30-2)23(21)31-17-18-9-5-3-6-10-18)24-25-13-14-26(24)32(27,28)20-11-7-4-8-12-20/h3-16H,17H2,1-2H3. The van der Waals surface area contributed by atoms with Gasteiger partial charge in [-0.3, -0.25) is 0 Å². The Morgan fingerprint density at radius 2 is 1.47 bits per heavy atom. The Morgan fingerprint density at radius 1 is 0.875 bits per heavy atom. The molecule has 0 amide bonds. The molecule has 7 nitrogen and oxygen atoms in total. The number of ether oxygens (including phenoxy) is 3. The fourth-order valence-corrected chi connectivity index (χ4v) is 4.60. The van der Waals surface area contributed by atoms with E-state index in [0.717, 1.165) is 9.54 Å². The summed E-state index contributed by atoms with van der Waals surface area (Å²) in [4.78, 5) is 4.45. The van der Waals surface area contributed by atoms with Crippen LogP contribution < -0.4 is 14.2 Å². The molecule has 32 heavy (non-hydrogen) atoms. The van der Waals surface area contributed by atoms with Crippen molar-refractivity contribution in [1.29, 1.82) is 0 Å². The molecule has 4 rings (SSSR count). The van der Waals surface area contributed by atoms with Gasteiger partial charge in [-0.2, -0.15) is 0 Å². The van der Waals surface area contributed by atoms with Crippen LogP contribution in [0.3, 0.4) is 0 Å². The van der Waals surface area contributed by atoms with Gasteiger partial charge in [-0.1, -0.05) is 48.5 Å². The molecule has 164 valence electrons. The predicted octanol–water partition coefficient (Wildman–Crippen LogP) is 4.38. The minimum atomic E-state index is -3.83. The van der Waals surface area contributed by atoms with Crippen LogP contribution >= 0.6 is 0 Å². The molecule has 0 aliphatic rings. The maximum absolute atomic E-state index is 13.2. The molecule has 1 heterocycles. The van der Waals surface area contributed by atoms with Gasteiger partial charge in [0.1, 0.15) is 6.61 Å². The van der Waals surface area contributed by atoms with Crippen LogP contribution in [0.15, 0.2) is 90.1 Å². The minimum Gasteiger partial charge on any atom is -0.493 e. The van der Waals surface area contributed by atoms with Crippen molar-refractivity contribution < 1.29 is 22.6 Å². The Kier molecular flexibility index (Phi) is 6.13. The van der Waals surface area contributed by atoms with E-state index >= 15 is 0 Å². The lowest BCUT2D eigenvalue weighted by Gasteiger charge is -2.17. The first kappa shape index (κ1) is 21.5. The van der Waals surface area contributed by atoms with Gasteiger partial charge < -0.3 is 14.2 Å². The second kappa shape index (κ2) is 9.15. The fourth-order valence-electron chi connectivity index (χ4n) is 3.27. The Hall–Kier alpha value is -3.78. The van der Waals surface area contributed by atoms with Crippen LogP contribution in [0.5, 0.6) is 17.2 Å². The van der Waals surface area contributed by atoms with Gasteiger partial charge >= 0.3 is 0 Å². The number of hydrogen-bond acceptors (Lipinski definition) is 6. The van der Waals surface area contributed by atoms with Crippen molar-refractivity contribution in [2.24, 2.45) is 0 Å². The molecule has 0 atom stereocenters. The monoisotopic (exact) mass is 450 g/mol. The molecule has 0 saturated heterocycles. The SMILES string of the molecule is COc1cc(-c2nccn2S(=O)(=O)c2ccccc2)cc(OC)c1OCc1ccccc1. The van der Waals surface area contributed by atoms with Crippen LogP contribution in [0.4, 0.5) is 0 Å². The molecule has 0 spiro atoms. The molecule has 0 saturated carbocycles. The van der Waals surface area contributed by atoms with Crippen molar-refractivity contribution in [3.63, 3.8) is 0 Å². The Labute approximate surface area is 186 Å². The molecule has 0 N–H and O–H groups in total. The summed E-state index contributed by atoms with van der Waals surface area (Å²) in [6, 6.07) is 21.3. The Bertz CT molecular complexity index is 1280. The second-order valence-electron chi connectivity index (χ2n) is 6.85. The van der Waals surface area contributed by atoms with Gasteiger partial charge in [-0.05, 0) is 29.8 Å². The lowest BCUT2D eigenvalue weighted by Crippen LogP contribution is -2.13. The lowest BCUT2D eigenvalue weighted by atomic mass is 10.1. The highest BCUT2D eigenvalue weighted by molar-refractivity contribution is 7.90. The molecule has 1 aromatic heterocycles. The van der Waals surface area contributed by atoms with Crippen molar-refractivity contribution in [2.75, 3.05) is 14.2 Å². The largest absolute Gasteiger partial charge is 0.493 e. The number of benzene rings is 3. The molecule has 8 heteroatoms. The maximum Gasteiger partial charge on any atom is 0.269 e. The molecule has 4 aromatic rings. The van der Waals surface area contributed by atoms with E-state index in [0.29, 0.717) is 29.4 Å². The average molecular weight is 451 g/mol. The van der Waals surface area contributed by atoms with Gasteiger partial charge in [-0.15, -0.1) is 0 Å². The highest BCUT2D eigenvalue weighted by atomic mass is 32.2. The summed E-state index contributed by atoms with van der Waals surface area (Å²) in [5.41, 5.74) is 1.50. The fraction of sp³-hybridized carbons (Fsp3) is 0.125. The van der Waals surface area contributed by atoms with Crippen molar-refractivity contribution in [1.82, 2.24) is 8.96 Å². The summed E-state index contributed by atoms with van der Waals surface area (Å²) in [7, 11) is -0.799. The van der Waals surface area contributed by atoms with Crippen LogP contribution in [0.25, 0.3) is 11.4 Å². The summed E-state index contributed by atoms with van der Waals surface area (Å²) >= 11 is 0. The lowest BCUT2D eigenvalue weighted by molar-refractivity contribution is 0.266. The van der Waals surface area contributed by atoms with Gasteiger partial charge in [0, 0.05) is 18.0 Å². The number of nitrogens with zero attached hydrogens (tertiary/aromatic N) is 2. The van der Waals surface area contributed by atoms with Crippen molar-refractivity contribution in [3.8, 4) is 28.6 Å². The molecular formula is C24H22N2O5S. The third-order valence-electron chi connectivity index (χ3n) is 4.85. The molecule has 0 bridgehead atoms. The van der Waals surface area contributed by atoms with E-state index in [1.54, 1.807) is 42.5 Å². The van der Waals surface area contributed by atoms with Crippen LogP contribution in [-0.2, 0) is 16.6 Å². The zero-order chi connectivity index (χ0) is 22.6. The summed E-state index contributed by atoms with van der Waals surface area (Å²) < 4.78 is 44.5. The number of imidazole rings is 1. The van der Waals surface area contributed by atoms with Gasteiger partial charge in [-0.25, -0.2) is 17.4 Å². The maximum atomic E-state index is 13.2. The van der Waals surface area contributed by atoms with Gasteiger partial charge in [0.25, 0.3) is 10.0 Å². The van der Waals surface area contributed by atoms with E-state index in [-0.39, 0.29) is 10.7 Å². The normalized spacial score (nSPS) is 11.2. The highest BCUT2D eigenvalue weighted by Gasteiger charge is 2.23. The van der Waals surface area contributed by atoms with E-state index in [2.05, 4.69) is 4.98 Å². The van der Waals surface area contributed by atoms with Crippen molar-refractivity contribution >= 4 is 10.0 Å². The minimum absolute atomic E-state index is 0.168. The number of rotatable bonds is 8. The van der Waals surface area contributed by atoms with E-state index in [1.165, 1.54) is 26.6 Å². The first-order valence-electron chi connectivity index (χ1n) is 9.81. The van der Waals surface area contributed by atoms with E-state index in [1.807, 2.05) is 30.3 Å². The summed E-state index contributed by atoms with van der Waals surface area (Å²) in [5, 5.41) is 0. The second-order valence-corrected chi connectivity index (χ2v) is 8.66. The molecule has 0 fully saturated rings. The van der Waals surface area contributed by atoms with Gasteiger partial charge in [0.05, 0.1) is 19.1 Å². The number of hydrogen-bond donors (Lipinski definition) is 0.